The summed E-state index contributed by atoms with van der Waals surface area (Å²) in [4.78, 5) is 12.9. The molecule has 4 aromatic rings. The van der Waals surface area contributed by atoms with Crippen molar-refractivity contribution in [3.63, 3.8) is 0 Å². The number of nitrogens with zero attached hydrogens (tertiary/aromatic N) is 3. The molecular formula is C22H20N4O2S. The van der Waals surface area contributed by atoms with E-state index < -0.39 is 0 Å². The largest absolute Gasteiger partial charge is 0.497 e. The van der Waals surface area contributed by atoms with Crippen LogP contribution in [-0.2, 0) is 0 Å². The van der Waals surface area contributed by atoms with Crippen molar-refractivity contribution in [1.29, 1.82) is 0 Å². The summed E-state index contributed by atoms with van der Waals surface area (Å²) in [6.07, 6.45) is 0. The smallest absolute Gasteiger partial charge is 0.257 e. The normalized spacial score (nSPS) is 10.7. The lowest BCUT2D eigenvalue weighted by Gasteiger charge is -2.11. The van der Waals surface area contributed by atoms with E-state index in [0.29, 0.717) is 5.56 Å². The maximum absolute atomic E-state index is 12.9. The first kappa shape index (κ1) is 18.9. The van der Waals surface area contributed by atoms with Crippen LogP contribution in [0.1, 0.15) is 21.7 Å². The molecule has 1 N–H and O–H groups in total. The summed E-state index contributed by atoms with van der Waals surface area (Å²) in [5.41, 5.74) is 6.04. The molecule has 0 fully saturated rings. The van der Waals surface area contributed by atoms with Crippen LogP contribution in [0.3, 0.4) is 0 Å². The van der Waals surface area contributed by atoms with Crippen molar-refractivity contribution < 1.29 is 9.53 Å². The predicted molar refractivity (Wildman–Crippen MR) is 115 cm³/mol. The molecule has 0 unspecified atom stereocenters. The number of methoxy groups -OCH3 is 1. The summed E-state index contributed by atoms with van der Waals surface area (Å²) in [6.45, 7) is 3.94. The Hall–Kier alpha value is -3.45. The third-order valence-electron chi connectivity index (χ3n) is 4.80. The van der Waals surface area contributed by atoms with E-state index in [2.05, 4.69) is 19.5 Å². The second kappa shape index (κ2) is 7.89. The summed E-state index contributed by atoms with van der Waals surface area (Å²) in [5.74, 6) is 0.659. The molecule has 0 spiro atoms. The Bertz CT molecular complexity index is 1130. The Kier molecular flexibility index (Phi) is 5.14. The predicted octanol–water partition coefficient (Wildman–Crippen LogP) is 4.87. The van der Waals surface area contributed by atoms with Crippen molar-refractivity contribution >= 4 is 23.1 Å². The van der Waals surface area contributed by atoms with Crippen molar-refractivity contribution in [2.75, 3.05) is 12.4 Å². The van der Waals surface area contributed by atoms with Gasteiger partial charge in [-0.05, 0) is 67.8 Å². The zero-order valence-electron chi connectivity index (χ0n) is 16.3. The molecule has 0 saturated carbocycles. The van der Waals surface area contributed by atoms with Gasteiger partial charge in [-0.25, -0.2) is 0 Å². The summed E-state index contributed by atoms with van der Waals surface area (Å²) in [7, 11) is 1.64. The van der Waals surface area contributed by atoms with Gasteiger partial charge in [0.2, 0.25) is 0 Å². The first-order chi connectivity index (χ1) is 14.1. The molecule has 29 heavy (non-hydrogen) atoms. The van der Waals surface area contributed by atoms with E-state index in [0.717, 1.165) is 39.8 Å². The number of carbonyl (C=O) groups excluding carboxylic acids is 1. The molecule has 1 amide bonds. The van der Waals surface area contributed by atoms with Crippen molar-refractivity contribution in [2.45, 2.75) is 13.8 Å². The molecule has 7 heteroatoms. The third-order valence-corrected chi connectivity index (χ3v) is 5.31. The molecule has 0 bridgehead atoms. The average molecular weight is 404 g/mol. The molecular weight excluding hydrogens is 384 g/mol. The minimum atomic E-state index is -0.138. The number of aryl methyl sites for hydroxylation is 1. The van der Waals surface area contributed by atoms with Crippen molar-refractivity contribution in [1.82, 2.24) is 14.2 Å². The van der Waals surface area contributed by atoms with Crippen LogP contribution in [0, 0.1) is 13.8 Å². The van der Waals surface area contributed by atoms with Gasteiger partial charge in [0, 0.05) is 33.7 Å². The SMILES string of the molecule is COc1ccc(-n2c(C)cc(C(=O)Nc3ccc(-c4csnn4)cc3)c2C)cc1. The molecule has 0 radical (unpaired) electrons. The van der Waals surface area contributed by atoms with Gasteiger partial charge in [-0.3, -0.25) is 4.79 Å². The lowest BCUT2D eigenvalue weighted by Crippen LogP contribution is -2.13. The summed E-state index contributed by atoms with van der Waals surface area (Å²) >= 11 is 1.31. The fourth-order valence-electron chi connectivity index (χ4n) is 3.33. The Labute approximate surface area is 172 Å². The van der Waals surface area contributed by atoms with E-state index in [4.69, 9.17) is 4.74 Å². The highest BCUT2D eigenvalue weighted by atomic mass is 32.1. The lowest BCUT2D eigenvalue weighted by atomic mass is 10.1. The number of nitrogens with one attached hydrogen (secondary N) is 1. The van der Waals surface area contributed by atoms with Gasteiger partial charge in [-0.2, -0.15) is 0 Å². The van der Waals surface area contributed by atoms with E-state index >= 15 is 0 Å². The second-order valence-corrected chi connectivity index (χ2v) is 7.25. The van der Waals surface area contributed by atoms with Crippen LogP contribution >= 0.6 is 11.5 Å². The zero-order chi connectivity index (χ0) is 20.4. The highest BCUT2D eigenvalue weighted by Gasteiger charge is 2.17. The van der Waals surface area contributed by atoms with Gasteiger partial charge in [0.15, 0.2) is 0 Å². The van der Waals surface area contributed by atoms with E-state index in [9.17, 15) is 4.79 Å². The highest BCUT2D eigenvalue weighted by Crippen LogP contribution is 2.24. The first-order valence-corrected chi connectivity index (χ1v) is 9.92. The van der Waals surface area contributed by atoms with Crippen LogP contribution in [0.5, 0.6) is 5.75 Å². The van der Waals surface area contributed by atoms with Crippen molar-refractivity contribution in [2.24, 2.45) is 0 Å². The maximum Gasteiger partial charge on any atom is 0.257 e. The molecule has 0 aliphatic heterocycles. The number of rotatable bonds is 5. The number of hydrogen-bond acceptors (Lipinski definition) is 5. The summed E-state index contributed by atoms with van der Waals surface area (Å²) < 4.78 is 11.2. The molecule has 0 atom stereocenters. The summed E-state index contributed by atoms with van der Waals surface area (Å²) in [5, 5.41) is 8.93. The Balaban J connectivity index is 1.56. The van der Waals surface area contributed by atoms with E-state index in [1.165, 1.54) is 11.5 Å². The van der Waals surface area contributed by atoms with Crippen LogP contribution in [0.2, 0.25) is 0 Å². The molecule has 2 heterocycles. The standard InChI is InChI=1S/C22H20N4O2S/c1-14-12-20(15(2)26(14)18-8-10-19(28-3)11-9-18)22(27)23-17-6-4-16(5-7-17)21-13-29-25-24-21/h4-13H,1-3H3,(H,23,27). The zero-order valence-corrected chi connectivity index (χ0v) is 17.2. The number of amides is 1. The molecule has 2 aromatic heterocycles. The van der Waals surface area contributed by atoms with Gasteiger partial charge in [0.1, 0.15) is 11.4 Å². The van der Waals surface area contributed by atoms with Crippen molar-refractivity contribution in [3.8, 4) is 22.7 Å². The topological polar surface area (TPSA) is 69.0 Å². The fraction of sp³-hybridized carbons (Fsp3) is 0.136. The number of carbonyl (C=O) groups is 1. The Morgan fingerprint density at radius 1 is 1.07 bits per heavy atom. The first-order valence-electron chi connectivity index (χ1n) is 9.09. The number of aromatic nitrogens is 3. The van der Waals surface area contributed by atoms with Crippen LogP contribution < -0.4 is 10.1 Å². The molecule has 4 rings (SSSR count). The third kappa shape index (κ3) is 3.77. The van der Waals surface area contributed by atoms with Gasteiger partial charge in [0.25, 0.3) is 5.91 Å². The number of benzene rings is 2. The minimum absolute atomic E-state index is 0.138. The molecule has 0 aliphatic rings. The van der Waals surface area contributed by atoms with E-state index in [1.54, 1.807) is 7.11 Å². The molecule has 0 aliphatic carbocycles. The molecule has 0 saturated heterocycles. The molecule has 6 nitrogen and oxygen atoms in total. The number of ether oxygens (including phenoxy) is 1. The van der Waals surface area contributed by atoms with Crippen LogP contribution in [-0.4, -0.2) is 27.2 Å². The Morgan fingerprint density at radius 3 is 2.41 bits per heavy atom. The fourth-order valence-corrected chi connectivity index (χ4v) is 3.80. The van der Waals surface area contributed by atoms with Gasteiger partial charge in [-0.1, -0.05) is 16.6 Å². The molecule has 146 valence electrons. The monoisotopic (exact) mass is 404 g/mol. The van der Waals surface area contributed by atoms with E-state index in [-0.39, 0.29) is 5.91 Å². The lowest BCUT2D eigenvalue weighted by molar-refractivity contribution is 0.102. The average Bonchev–Trinajstić information content (AvgIpc) is 3.37. The summed E-state index contributed by atoms with van der Waals surface area (Å²) in [6, 6.07) is 17.3. The van der Waals surface area contributed by atoms with Gasteiger partial charge in [0.05, 0.1) is 12.7 Å². The highest BCUT2D eigenvalue weighted by molar-refractivity contribution is 7.03. The van der Waals surface area contributed by atoms with Crippen LogP contribution in [0.15, 0.2) is 60.0 Å². The Morgan fingerprint density at radius 2 is 1.79 bits per heavy atom. The second-order valence-electron chi connectivity index (χ2n) is 6.64. The number of anilines is 1. The number of hydrogen-bond donors (Lipinski definition) is 1. The maximum atomic E-state index is 12.9. The quantitative estimate of drug-likeness (QED) is 0.515. The van der Waals surface area contributed by atoms with Gasteiger partial charge in [-0.15, -0.1) is 5.10 Å². The van der Waals surface area contributed by atoms with Gasteiger partial charge >= 0.3 is 0 Å². The van der Waals surface area contributed by atoms with Crippen LogP contribution in [0.4, 0.5) is 5.69 Å². The van der Waals surface area contributed by atoms with E-state index in [1.807, 2.05) is 73.8 Å². The van der Waals surface area contributed by atoms with Crippen LogP contribution in [0.25, 0.3) is 16.9 Å². The van der Waals surface area contributed by atoms with Gasteiger partial charge < -0.3 is 14.6 Å². The molecule has 2 aromatic carbocycles. The minimum Gasteiger partial charge on any atom is -0.497 e. The van der Waals surface area contributed by atoms with Crippen molar-refractivity contribution in [3.05, 3.63) is 76.9 Å².